The predicted molar refractivity (Wildman–Crippen MR) is 139 cm³/mol. The summed E-state index contributed by atoms with van der Waals surface area (Å²) < 4.78 is 11.2. The molecule has 7 rings (SSSR count). The molecule has 10 heteroatoms. The molecule has 1 aliphatic rings. The van der Waals surface area contributed by atoms with E-state index in [4.69, 9.17) is 19.1 Å². The van der Waals surface area contributed by atoms with Crippen LogP contribution >= 0.6 is 0 Å². The Kier molecular flexibility index (Phi) is 5.36. The second-order valence-corrected chi connectivity index (χ2v) is 9.12. The zero-order valence-electron chi connectivity index (χ0n) is 20.0. The first-order valence-electron chi connectivity index (χ1n) is 12.4. The molecule has 0 aliphatic carbocycles. The maximum Gasteiger partial charge on any atom is 0.161 e. The molecule has 1 aliphatic heterocycles. The maximum absolute atomic E-state index is 5.99. The molecule has 0 spiro atoms. The fourth-order valence-electron chi connectivity index (χ4n) is 4.82. The van der Waals surface area contributed by atoms with Crippen molar-refractivity contribution in [1.29, 1.82) is 0 Å². The Morgan fingerprint density at radius 3 is 2.76 bits per heavy atom. The molecule has 7 heterocycles. The highest BCUT2D eigenvalue weighted by Gasteiger charge is 2.18. The topological polar surface area (TPSA) is 122 Å². The van der Waals surface area contributed by atoms with Crippen LogP contribution in [0.15, 0.2) is 65.9 Å². The average Bonchev–Trinajstić information content (AvgIpc) is 3.74. The van der Waals surface area contributed by atoms with Gasteiger partial charge in [0.25, 0.3) is 0 Å². The van der Waals surface area contributed by atoms with Crippen LogP contribution in [-0.2, 0) is 0 Å². The lowest BCUT2D eigenvalue weighted by atomic mass is 10.1. The summed E-state index contributed by atoms with van der Waals surface area (Å²) in [6.45, 7) is 3.89. The fourth-order valence-corrected chi connectivity index (χ4v) is 4.82. The van der Waals surface area contributed by atoms with Crippen molar-refractivity contribution in [1.82, 2.24) is 40.0 Å². The van der Waals surface area contributed by atoms with Gasteiger partial charge >= 0.3 is 0 Å². The second-order valence-electron chi connectivity index (χ2n) is 9.12. The third kappa shape index (κ3) is 4.11. The van der Waals surface area contributed by atoms with E-state index in [1.165, 1.54) is 12.8 Å². The van der Waals surface area contributed by atoms with E-state index in [-0.39, 0.29) is 0 Å². The predicted octanol–water partition coefficient (Wildman–Crippen LogP) is 4.69. The Labute approximate surface area is 211 Å². The van der Waals surface area contributed by atoms with Crippen molar-refractivity contribution in [2.75, 3.05) is 26.2 Å². The summed E-state index contributed by atoms with van der Waals surface area (Å²) in [5.41, 5.74) is 7.05. The number of rotatable bonds is 7. The number of fused-ring (bicyclic) bond motifs is 2. The largest absolute Gasteiger partial charge is 0.491 e. The molecule has 37 heavy (non-hydrogen) atoms. The van der Waals surface area contributed by atoms with E-state index < -0.39 is 0 Å². The van der Waals surface area contributed by atoms with Crippen LogP contribution in [0.1, 0.15) is 12.8 Å². The molecule has 10 nitrogen and oxygen atoms in total. The van der Waals surface area contributed by atoms with Gasteiger partial charge in [-0.25, -0.2) is 9.97 Å². The third-order valence-electron chi connectivity index (χ3n) is 6.71. The highest BCUT2D eigenvalue weighted by Crippen LogP contribution is 2.31. The molecule has 184 valence electrons. The van der Waals surface area contributed by atoms with Gasteiger partial charge in [0.1, 0.15) is 29.1 Å². The van der Waals surface area contributed by atoms with E-state index in [0.29, 0.717) is 18.1 Å². The van der Waals surface area contributed by atoms with Crippen LogP contribution in [0.2, 0.25) is 0 Å². The SMILES string of the molecule is c1cc2[nH]c(-c3n[nH]c4ccc(-c5cncc(OCCN6CCCC6)c5)nc34)nc2c(-c2ccoc2)n1. The summed E-state index contributed by atoms with van der Waals surface area (Å²) in [5.74, 6) is 1.35. The minimum atomic E-state index is 0.612. The highest BCUT2D eigenvalue weighted by molar-refractivity contribution is 5.94. The van der Waals surface area contributed by atoms with Crippen molar-refractivity contribution in [2.24, 2.45) is 0 Å². The molecule has 1 saturated heterocycles. The van der Waals surface area contributed by atoms with Crippen molar-refractivity contribution < 1.29 is 9.15 Å². The van der Waals surface area contributed by atoms with Crippen molar-refractivity contribution >= 4 is 22.1 Å². The van der Waals surface area contributed by atoms with E-state index in [2.05, 4.69) is 30.0 Å². The smallest absolute Gasteiger partial charge is 0.161 e. The van der Waals surface area contributed by atoms with Crippen LogP contribution in [0.5, 0.6) is 5.75 Å². The molecule has 6 aromatic heterocycles. The van der Waals surface area contributed by atoms with Crippen molar-refractivity contribution in [2.45, 2.75) is 12.8 Å². The number of H-pyrrole nitrogens is 2. The molecule has 6 aromatic rings. The van der Waals surface area contributed by atoms with Gasteiger partial charge < -0.3 is 14.1 Å². The van der Waals surface area contributed by atoms with Gasteiger partial charge in [0.15, 0.2) is 11.5 Å². The number of hydrogen-bond donors (Lipinski definition) is 2. The molecule has 2 N–H and O–H groups in total. The van der Waals surface area contributed by atoms with Crippen LogP contribution in [0.3, 0.4) is 0 Å². The van der Waals surface area contributed by atoms with E-state index in [1.807, 2.05) is 30.3 Å². The molecular weight excluding hydrogens is 468 g/mol. The number of aromatic amines is 2. The Hall–Kier alpha value is -4.57. The Bertz CT molecular complexity index is 1680. The number of aromatic nitrogens is 7. The van der Waals surface area contributed by atoms with Gasteiger partial charge in [-0.05, 0) is 56.3 Å². The quantitative estimate of drug-likeness (QED) is 0.329. The normalized spacial score (nSPS) is 14.2. The van der Waals surface area contributed by atoms with Gasteiger partial charge in [0.05, 0.1) is 35.5 Å². The van der Waals surface area contributed by atoms with Gasteiger partial charge in [-0.2, -0.15) is 5.10 Å². The minimum Gasteiger partial charge on any atom is -0.491 e. The number of likely N-dealkylation sites (tertiary alicyclic amines) is 1. The lowest BCUT2D eigenvalue weighted by Gasteiger charge is -2.15. The molecule has 0 saturated carbocycles. The van der Waals surface area contributed by atoms with Crippen molar-refractivity contribution in [3.05, 3.63) is 61.4 Å². The molecule has 0 bridgehead atoms. The van der Waals surface area contributed by atoms with Crippen LogP contribution in [0.4, 0.5) is 0 Å². The fraction of sp³-hybridized carbons (Fsp3) is 0.222. The summed E-state index contributed by atoms with van der Waals surface area (Å²) in [5, 5.41) is 7.59. The summed E-state index contributed by atoms with van der Waals surface area (Å²) >= 11 is 0. The zero-order chi connectivity index (χ0) is 24.6. The molecule has 0 unspecified atom stereocenters. The van der Waals surface area contributed by atoms with Crippen LogP contribution in [0, 0.1) is 0 Å². The lowest BCUT2D eigenvalue weighted by molar-refractivity contribution is 0.237. The standard InChI is InChI=1S/C27H24N8O2/c1-2-9-35(8-1)10-12-37-19-13-18(14-28-15-19)20-3-4-22-25(30-20)26(34-33-22)27-31-21-5-7-29-23(24(21)32-27)17-6-11-36-16-17/h3-7,11,13-16H,1-2,8-10,12H2,(H,31,32)(H,33,34). The molecule has 0 aromatic carbocycles. The second kappa shape index (κ2) is 9.14. The first-order valence-corrected chi connectivity index (χ1v) is 12.4. The summed E-state index contributed by atoms with van der Waals surface area (Å²) in [6, 6.07) is 9.66. The van der Waals surface area contributed by atoms with Gasteiger partial charge in [-0.1, -0.05) is 0 Å². The molecule has 0 amide bonds. The van der Waals surface area contributed by atoms with Crippen LogP contribution < -0.4 is 4.74 Å². The zero-order valence-corrected chi connectivity index (χ0v) is 20.0. The molecule has 1 fully saturated rings. The van der Waals surface area contributed by atoms with E-state index in [0.717, 1.165) is 70.0 Å². The Morgan fingerprint density at radius 1 is 0.946 bits per heavy atom. The minimum absolute atomic E-state index is 0.612. The number of hydrogen-bond acceptors (Lipinski definition) is 8. The molecule has 0 radical (unpaired) electrons. The highest BCUT2D eigenvalue weighted by atomic mass is 16.5. The average molecular weight is 493 g/mol. The molecule has 0 atom stereocenters. The summed E-state index contributed by atoms with van der Waals surface area (Å²) in [7, 11) is 0. The third-order valence-corrected chi connectivity index (χ3v) is 6.71. The number of ether oxygens (including phenoxy) is 1. The van der Waals surface area contributed by atoms with Crippen LogP contribution in [-0.4, -0.2) is 66.3 Å². The summed E-state index contributed by atoms with van der Waals surface area (Å²) in [6.07, 6.45) is 11.1. The van der Waals surface area contributed by atoms with E-state index >= 15 is 0 Å². The lowest BCUT2D eigenvalue weighted by Crippen LogP contribution is -2.25. The first-order chi connectivity index (χ1) is 18.3. The van der Waals surface area contributed by atoms with E-state index in [1.54, 1.807) is 31.1 Å². The van der Waals surface area contributed by atoms with Gasteiger partial charge in [-0.3, -0.25) is 20.0 Å². The van der Waals surface area contributed by atoms with Crippen molar-refractivity contribution in [3.8, 4) is 39.8 Å². The number of nitrogens with one attached hydrogen (secondary N) is 2. The van der Waals surface area contributed by atoms with Gasteiger partial charge in [-0.15, -0.1) is 0 Å². The van der Waals surface area contributed by atoms with E-state index in [9.17, 15) is 0 Å². The first kappa shape index (κ1) is 21.7. The number of nitrogens with zero attached hydrogens (tertiary/aromatic N) is 6. The number of pyridine rings is 3. The van der Waals surface area contributed by atoms with Gasteiger partial charge in [0, 0.05) is 30.1 Å². The maximum atomic E-state index is 5.99. The molecular formula is C27H24N8O2. The van der Waals surface area contributed by atoms with Gasteiger partial charge in [0.2, 0.25) is 0 Å². The Balaban J connectivity index is 1.20. The summed E-state index contributed by atoms with van der Waals surface area (Å²) in [4.78, 5) is 24.4. The van der Waals surface area contributed by atoms with Crippen LogP contribution in [0.25, 0.3) is 56.1 Å². The Morgan fingerprint density at radius 2 is 1.86 bits per heavy atom. The van der Waals surface area contributed by atoms with Crippen molar-refractivity contribution in [3.63, 3.8) is 0 Å². The number of furan rings is 1. The number of imidazole rings is 1. The monoisotopic (exact) mass is 492 g/mol.